The summed E-state index contributed by atoms with van der Waals surface area (Å²) in [4.78, 5) is 84.8. The van der Waals surface area contributed by atoms with E-state index in [1.807, 2.05) is 78.9 Å². The topological polar surface area (TPSA) is 139 Å². The molecule has 0 spiro atoms. The molecule has 0 aliphatic carbocycles. The molecular weight excluding hydrogens is 923 g/mol. The Bertz CT molecular complexity index is 3970. The van der Waals surface area contributed by atoms with Crippen molar-refractivity contribution < 1.29 is 23.9 Å². The van der Waals surface area contributed by atoms with Crippen LogP contribution in [-0.2, 0) is 0 Å². The highest BCUT2D eigenvalue weighted by Gasteiger charge is 2.39. The summed E-state index contributed by atoms with van der Waals surface area (Å²) in [6.45, 7) is 6.65. The van der Waals surface area contributed by atoms with Gasteiger partial charge < -0.3 is 9.64 Å². The number of amides is 4. The molecule has 0 radical (unpaired) electrons. The van der Waals surface area contributed by atoms with Crippen molar-refractivity contribution in [1.29, 1.82) is 0 Å². The van der Waals surface area contributed by atoms with Gasteiger partial charge in [-0.15, -0.1) is 0 Å². The molecule has 10 aromatic rings. The van der Waals surface area contributed by atoms with Crippen LogP contribution in [0, 0.1) is 0 Å². The van der Waals surface area contributed by atoms with Crippen LogP contribution in [-0.4, -0.2) is 79.5 Å². The number of unbranched alkanes of at least 4 members (excludes halogenated alkanes) is 10. The number of para-hydroxylation sites is 1. The zero-order chi connectivity index (χ0) is 50.2. The number of benzene rings is 7. The number of anilines is 1. The van der Waals surface area contributed by atoms with Gasteiger partial charge in [0.1, 0.15) is 11.3 Å². The highest BCUT2D eigenvalue weighted by molar-refractivity contribution is 6.44. The van der Waals surface area contributed by atoms with Crippen molar-refractivity contribution in [3.05, 3.63) is 114 Å². The minimum Gasteiger partial charge on any atom is -0.454 e. The van der Waals surface area contributed by atoms with Crippen LogP contribution in [0.1, 0.15) is 145 Å². The maximum atomic E-state index is 15.2. The van der Waals surface area contributed by atoms with Crippen LogP contribution in [0.3, 0.4) is 0 Å². The first kappa shape index (κ1) is 46.0. The Morgan fingerprint density at radius 1 is 0.446 bits per heavy atom. The van der Waals surface area contributed by atoms with E-state index < -0.39 is 0 Å². The normalized spacial score (nSPS) is 14.9. The third-order valence-electron chi connectivity index (χ3n) is 16.1. The zero-order valence-corrected chi connectivity index (χ0v) is 42.1. The van der Waals surface area contributed by atoms with Crippen molar-refractivity contribution >= 4 is 116 Å². The largest absolute Gasteiger partial charge is 0.454 e. The summed E-state index contributed by atoms with van der Waals surface area (Å²) in [5, 5.41) is 7.56. The molecule has 12 nitrogen and oxygen atoms in total. The molecule has 1 fully saturated rings. The summed E-state index contributed by atoms with van der Waals surface area (Å²) < 4.78 is 7.32. The van der Waals surface area contributed by atoms with Crippen LogP contribution in [0.15, 0.2) is 91.3 Å². The van der Waals surface area contributed by atoms with Gasteiger partial charge in [-0.3, -0.25) is 38.9 Å². The number of ether oxygens (including phenoxy) is 1. The van der Waals surface area contributed by atoms with Gasteiger partial charge in [-0.05, 0) is 103 Å². The van der Waals surface area contributed by atoms with E-state index in [0.29, 0.717) is 91.5 Å². The molecule has 3 aliphatic heterocycles. The third-order valence-corrected chi connectivity index (χ3v) is 16.1. The molecular formula is C62H57N7O5. The predicted molar refractivity (Wildman–Crippen MR) is 294 cm³/mol. The molecule has 12 heteroatoms. The van der Waals surface area contributed by atoms with Gasteiger partial charge in [-0.25, -0.2) is 9.97 Å². The molecule has 7 aromatic carbocycles. The number of fused-ring (bicyclic) bond motifs is 9. The lowest BCUT2D eigenvalue weighted by molar-refractivity contribution is 0.0592. The fourth-order valence-corrected chi connectivity index (χ4v) is 12.5. The van der Waals surface area contributed by atoms with Gasteiger partial charge in [0.25, 0.3) is 23.6 Å². The Hall–Kier alpha value is -7.86. The Morgan fingerprint density at radius 3 is 1.61 bits per heavy atom. The fraction of sp³-hybridized carbons (Fsp3) is 0.323. The van der Waals surface area contributed by atoms with E-state index in [9.17, 15) is 9.59 Å². The van der Waals surface area contributed by atoms with Crippen LogP contribution in [0.4, 0.5) is 5.69 Å². The van der Waals surface area contributed by atoms with Crippen molar-refractivity contribution in [2.75, 3.05) is 31.1 Å². The first-order valence-corrected chi connectivity index (χ1v) is 27.0. The van der Waals surface area contributed by atoms with Crippen LogP contribution in [0.2, 0.25) is 0 Å². The first-order valence-electron chi connectivity index (χ1n) is 27.0. The second kappa shape index (κ2) is 18.6. The van der Waals surface area contributed by atoms with Gasteiger partial charge in [-0.1, -0.05) is 96.3 Å². The summed E-state index contributed by atoms with van der Waals surface area (Å²) in [6, 6.07) is 25.0. The average Bonchev–Trinajstić information content (AvgIpc) is 3.99. The lowest BCUT2D eigenvalue weighted by atomic mass is 9.81. The summed E-state index contributed by atoms with van der Waals surface area (Å²) in [5.41, 5.74) is 6.70. The molecule has 0 unspecified atom stereocenters. The minimum absolute atomic E-state index is 0.290. The van der Waals surface area contributed by atoms with Gasteiger partial charge >= 0.3 is 0 Å². The van der Waals surface area contributed by atoms with Crippen LogP contribution < -0.4 is 9.64 Å². The summed E-state index contributed by atoms with van der Waals surface area (Å²) >= 11 is 0. The predicted octanol–water partition coefficient (Wildman–Crippen LogP) is 14.2. The molecule has 0 saturated carbocycles. The van der Waals surface area contributed by atoms with Crippen molar-refractivity contribution in [3.8, 4) is 11.5 Å². The number of imide groups is 2. The first-order chi connectivity index (χ1) is 36.4. The third kappa shape index (κ3) is 7.15. The van der Waals surface area contributed by atoms with E-state index in [1.54, 1.807) is 12.4 Å². The summed E-state index contributed by atoms with van der Waals surface area (Å²) in [5.74, 6) is -0.404. The lowest BCUT2D eigenvalue weighted by Crippen LogP contribution is -2.41. The standard InChI is InChI=1S/C62H57N7O5/c1-3-5-7-9-11-13-32-68-59(70)38-26-24-36-48-37(25-27-39(49(38)48)60(68)71)52-47(74-46-23-17-22-44-58(46)66-57-41-21-19-29-64-55(41)54-40(56(57)65-44)20-18-28-63-54)35-43-50-42(34-45(51(36)53(50)52)67-30-15-16-31-67)61(72)69(62(43)73)33-14-12-10-8-6-4-2/h17-29,34-35H,3-16,30-33H2,1-2H3. The number of pyridine rings is 2. The van der Waals surface area contributed by atoms with Crippen molar-refractivity contribution in [1.82, 2.24) is 29.7 Å². The molecule has 74 heavy (non-hydrogen) atoms. The zero-order valence-electron chi connectivity index (χ0n) is 42.1. The Labute approximate surface area is 428 Å². The number of nitrogens with zero attached hydrogens (tertiary/aromatic N) is 7. The maximum absolute atomic E-state index is 15.2. The van der Waals surface area contributed by atoms with E-state index in [0.717, 1.165) is 145 Å². The van der Waals surface area contributed by atoms with Crippen molar-refractivity contribution in [2.24, 2.45) is 0 Å². The van der Waals surface area contributed by atoms with Crippen molar-refractivity contribution in [2.45, 2.75) is 104 Å². The SMILES string of the molecule is CCCCCCCCN1C(=O)c2ccc3c4c(Oc5cccc6nc7c8cccnc8c8ncccc8c7nc56)cc5c6c(cc(N7CCCC7)c(c7ccc(c2c37)C1=O)c64)C(=O)N(CCCCCCCC)C5=O. The van der Waals surface area contributed by atoms with Gasteiger partial charge in [0.05, 0.1) is 38.7 Å². The molecule has 4 amide bonds. The quantitative estimate of drug-likeness (QED) is 0.0375. The average molecular weight is 980 g/mol. The van der Waals surface area contributed by atoms with E-state index in [-0.39, 0.29) is 23.6 Å². The molecule has 6 heterocycles. The maximum Gasteiger partial charge on any atom is 0.261 e. The fourth-order valence-electron chi connectivity index (χ4n) is 12.5. The molecule has 1 saturated heterocycles. The summed E-state index contributed by atoms with van der Waals surface area (Å²) in [6.07, 6.45) is 17.8. The lowest BCUT2D eigenvalue weighted by Gasteiger charge is -2.33. The van der Waals surface area contributed by atoms with E-state index >= 15 is 9.59 Å². The van der Waals surface area contributed by atoms with E-state index in [4.69, 9.17) is 24.7 Å². The molecule has 13 rings (SSSR count). The number of aromatic nitrogens is 4. The van der Waals surface area contributed by atoms with Crippen LogP contribution in [0.25, 0.3) is 87.0 Å². The molecule has 3 aliphatic rings. The van der Waals surface area contributed by atoms with Crippen LogP contribution >= 0.6 is 0 Å². The van der Waals surface area contributed by atoms with Gasteiger partial charge in [0, 0.05) is 93.1 Å². The van der Waals surface area contributed by atoms with Gasteiger partial charge in [-0.2, -0.15) is 0 Å². The van der Waals surface area contributed by atoms with E-state index in [2.05, 4.69) is 18.7 Å². The Morgan fingerprint density at radius 2 is 0.986 bits per heavy atom. The van der Waals surface area contributed by atoms with Crippen LogP contribution in [0.5, 0.6) is 11.5 Å². The second-order valence-corrected chi connectivity index (χ2v) is 20.6. The molecule has 0 atom stereocenters. The number of hydrogen-bond acceptors (Lipinski definition) is 10. The molecule has 3 aromatic heterocycles. The molecule has 0 bridgehead atoms. The second-order valence-electron chi connectivity index (χ2n) is 20.6. The molecule has 0 N–H and O–H groups in total. The minimum atomic E-state index is -0.354. The highest BCUT2D eigenvalue weighted by Crippen LogP contribution is 2.53. The summed E-state index contributed by atoms with van der Waals surface area (Å²) in [7, 11) is 0. The number of carbonyl (C=O) groups is 4. The Kier molecular flexibility index (Phi) is 11.5. The van der Waals surface area contributed by atoms with Crippen molar-refractivity contribution in [3.63, 3.8) is 0 Å². The number of hydrogen-bond donors (Lipinski definition) is 0. The monoisotopic (exact) mass is 979 g/mol. The van der Waals surface area contributed by atoms with Gasteiger partial charge in [0.15, 0.2) is 5.75 Å². The molecule has 370 valence electrons. The number of rotatable bonds is 17. The smallest absolute Gasteiger partial charge is 0.261 e. The van der Waals surface area contributed by atoms with E-state index in [1.165, 1.54) is 16.2 Å². The Balaban J connectivity index is 1.06. The number of carbonyl (C=O) groups excluding carboxylic acids is 4. The van der Waals surface area contributed by atoms with Gasteiger partial charge in [0.2, 0.25) is 0 Å². The highest BCUT2D eigenvalue weighted by atomic mass is 16.5.